The average molecular weight is 595 g/mol. The van der Waals surface area contributed by atoms with Crippen LogP contribution >= 0.6 is 22.9 Å². The SMILES string of the molecule is COCOCC1OC(=O)N[C@]12CC1=C(c3ccn(C(F)F)n3)[C@H](c3ccc(F)cc3Cl)N=C(c3nccs3)N1C2. The number of alkyl halides is 2. The number of cyclic esters (lactones) is 1. The molecule has 2 saturated heterocycles. The molecule has 2 fully saturated rings. The summed E-state index contributed by atoms with van der Waals surface area (Å²) >= 11 is 7.87. The molecule has 0 bridgehead atoms. The predicted molar refractivity (Wildman–Crippen MR) is 138 cm³/mol. The van der Waals surface area contributed by atoms with E-state index in [-0.39, 0.29) is 37.1 Å². The van der Waals surface area contributed by atoms with E-state index in [0.717, 1.165) is 0 Å². The van der Waals surface area contributed by atoms with Crippen LogP contribution in [0.2, 0.25) is 5.02 Å². The zero-order valence-corrected chi connectivity index (χ0v) is 22.5. The number of fused-ring (bicyclic) bond motifs is 1. The molecule has 5 heterocycles. The van der Waals surface area contributed by atoms with Gasteiger partial charge in [-0.15, -0.1) is 11.3 Å². The highest BCUT2D eigenvalue weighted by atomic mass is 35.5. The van der Waals surface area contributed by atoms with Crippen LogP contribution in [0.4, 0.5) is 18.0 Å². The number of rotatable bonds is 8. The number of hydrogen-bond acceptors (Lipinski definition) is 9. The average Bonchev–Trinajstić information content (AvgIpc) is 3.71. The number of benzene rings is 1. The summed E-state index contributed by atoms with van der Waals surface area (Å²) in [6.45, 7) is -2.57. The Morgan fingerprint density at radius 1 is 1.35 bits per heavy atom. The summed E-state index contributed by atoms with van der Waals surface area (Å²) in [5.74, 6) is -0.0435. The molecule has 0 aliphatic carbocycles. The Balaban J connectivity index is 1.54. The van der Waals surface area contributed by atoms with Gasteiger partial charge in [0.15, 0.2) is 16.9 Å². The van der Waals surface area contributed by atoms with E-state index >= 15 is 0 Å². The van der Waals surface area contributed by atoms with E-state index in [0.29, 0.717) is 32.4 Å². The van der Waals surface area contributed by atoms with E-state index in [2.05, 4.69) is 15.4 Å². The molecule has 6 rings (SSSR count). The lowest BCUT2D eigenvalue weighted by atomic mass is 9.88. The third-order valence-corrected chi connectivity index (χ3v) is 8.09. The molecular weight excluding hydrogens is 573 g/mol. The fourth-order valence-corrected chi connectivity index (χ4v) is 6.21. The molecule has 10 nitrogen and oxygen atoms in total. The zero-order chi connectivity index (χ0) is 28.0. The van der Waals surface area contributed by atoms with Gasteiger partial charge in [0.25, 0.3) is 0 Å². The van der Waals surface area contributed by atoms with Gasteiger partial charge in [0.2, 0.25) is 0 Å². The minimum absolute atomic E-state index is 0.00379. The molecule has 0 saturated carbocycles. The van der Waals surface area contributed by atoms with Crippen LogP contribution in [-0.4, -0.2) is 70.3 Å². The summed E-state index contributed by atoms with van der Waals surface area (Å²) in [7, 11) is 1.48. The second-order valence-corrected chi connectivity index (χ2v) is 10.7. The fourth-order valence-electron chi connectivity index (χ4n) is 5.30. The Bertz CT molecular complexity index is 1500. The fraction of sp³-hybridized carbons (Fsp3) is 0.360. The largest absolute Gasteiger partial charge is 0.441 e. The lowest BCUT2D eigenvalue weighted by molar-refractivity contribution is -0.0669. The first-order chi connectivity index (χ1) is 19.3. The van der Waals surface area contributed by atoms with Gasteiger partial charge in [-0.2, -0.15) is 13.9 Å². The quantitative estimate of drug-likeness (QED) is 0.300. The molecule has 2 aromatic heterocycles. The van der Waals surface area contributed by atoms with Crippen LogP contribution < -0.4 is 5.32 Å². The van der Waals surface area contributed by atoms with Gasteiger partial charge in [-0.1, -0.05) is 17.7 Å². The molecular formula is C25H22ClF3N6O4S. The maximum atomic E-state index is 14.0. The van der Waals surface area contributed by atoms with E-state index in [1.54, 1.807) is 11.6 Å². The normalized spacial score (nSPS) is 24.1. The molecule has 0 radical (unpaired) electrons. The Kier molecular flexibility index (Phi) is 7.02. The predicted octanol–water partition coefficient (Wildman–Crippen LogP) is 4.61. The van der Waals surface area contributed by atoms with Crippen LogP contribution in [0.25, 0.3) is 5.57 Å². The first-order valence-corrected chi connectivity index (χ1v) is 13.4. The van der Waals surface area contributed by atoms with Crippen molar-refractivity contribution in [2.45, 2.75) is 30.7 Å². The van der Waals surface area contributed by atoms with Crippen LogP contribution in [-0.2, 0) is 14.2 Å². The van der Waals surface area contributed by atoms with Crippen LogP contribution in [0.3, 0.4) is 0 Å². The van der Waals surface area contributed by atoms with Gasteiger partial charge >= 0.3 is 12.6 Å². The van der Waals surface area contributed by atoms with E-state index in [9.17, 15) is 18.0 Å². The van der Waals surface area contributed by atoms with Crippen LogP contribution in [0, 0.1) is 5.82 Å². The lowest BCUT2D eigenvalue weighted by Crippen LogP contribution is -2.52. The standard InChI is InChI=1S/C25H22ClF3N6O4S/c1-37-12-38-10-18-25(32-24(36)39-18)9-17-19(16-4-6-35(33-16)23(28)29)20(14-3-2-13(27)8-15(14)26)31-21(34(17)11-25)22-30-5-7-40-22/h2-8,18,20,23H,9-12H2,1H3,(H,32,36)/t18?,20-,25-/m0/s1. The minimum Gasteiger partial charge on any atom is -0.441 e. The van der Waals surface area contributed by atoms with Crippen molar-refractivity contribution in [1.29, 1.82) is 0 Å². The molecule has 3 atom stereocenters. The maximum absolute atomic E-state index is 14.0. The molecule has 40 heavy (non-hydrogen) atoms. The number of methoxy groups -OCH3 is 1. The molecule has 3 aromatic rings. The number of halogens is 4. The molecule has 1 amide bonds. The highest BCUT2D eigenvalue weighted by Gasteiger charge is 2.57. The second kappa shape index (κ2) is 10.5. The molecule has 210 valence electrons. The van der Waals surface area contributed by atoms with E-state index in [1.165, 1.54) is 48.9 Å². The number of nitrogens with one attached hydrogen (secondary N) is 1. The number of ether oxygens (including phenoxy) is 3. The molecule has 1 unspecified atom stereocenters. The van der Waals surface area contributed by atoms with E-state index in [4.69, 9.17) is 30.8 Å². The summed E-state index contributed by atoms with van der Waals surface area (Å²) < 4.78 is 57.8. The van der Waals surface area contributed by atoms with Gasteiger partial charge in [0, 0.05) is 53.2 Å². The number of thiazole rings is 1. The maximum Gasteiger partial charge on any atom is 0.408 e. The highest BCUT2D eigenvalue weighted by Crippen LogP contribution is 2.49. The number of alkyl carbamates (subject to hydrolysis) is 1. The minimum atomic E-state index is -2.86. The molecule has 1 spiro atoms. The van der Waals surface area contributed by atoms with Crippen LogP contribution in [0.1, 0.15) is 35.3 Å². The van der Waals surface area contributed by atoms with Crippen molar-refractivity contribution < 1.29 is 32.2 Å². The smallest absolute Gasteiger partial charge is 0.408 e. The van der Waals surface area contributed by atoms with Crippen molar-refractivity contribution in [2.75, 3.05) is 27.1 Å². The summed E-state index contributed by atoms with van der Waals surface area (Å²) in [5, 5.41) is 9.59. The third kappa shape index (κ3) is 4.64. The van der Waals surface area contributed by atoms with Crippen molar-refractivity contribution in [1.82, 2.24) is 25.0 Å². The highest BCUT2D eigenvalue weighted by molar-refractivity contribution is 7.11. The summed E-state index contributed by atoms with van der Waals surface area (Å²) in [4.78, 5) is 23.8. The van der Waals surface area contributed by atoms with Crippen molar-refractivity contribution >= 4 is 40.4 Å². The molecule has 3 aliphatic rings. The Labute approximate surface area is 235 Å². The van der Waals surface area contributed by atoms with Crippen LogP contribution in [0.15, 0.2) is 52.7 Å². The Morgan fingerprint density at radius 3 is 2.90 bits per heavy atom. The number of nitrogens with zero attached hydrogens (tertiary/aromatic N) is 5. The van der Waals surface area contributed by atoms with Gasteiger partial charge in [0.1, 0.15) is 24.2 Å². The van der Waals surface area contributed by atoms with Crippen molar-refractivity contribution in [3.63, 3.8) is 0 Å². The molecule has 1 N–H and O–H groups in total. The first kappa shape index (κ1) is 26.7. The van der Waals surface area contributed by atoms with Gasteiger partial charge in [0.05, 0.1) is 18.8 Å². The van der Waals surface area contributed by atoms with Gasteiger partial charge in [-0.3, -0.25) is 4.99 Å². The van der Waals surface area contributed by atoms with Gasteiger partial charge in [-0.25, -0.2) is 18.9 Å². The Hall–Kier alpha value is -3.46. The number of amides is 1. The van der Waals surface area contributed by atoms with Crippen molar-refractivity contribution in [3.8, 4) is 0 Å². The lowest BCUT2D eigenvalue weighted by Gasteiger charge is -2.32. The third-order valence-electron chi connectivity index (χ3n) is 6.99. The molecule has 1 aromatic carbocycles. The topological polar surface area (TPSA) is 103 Å². The monoisotopic (exact) mass is 594 g/mol. The van der Waals surface area contributed by atoms with Crippen molar-refractivity contribution in [3.05, 3.63) is 74.8 Å². The number of carbonyl (C=O) groups is 1. The van der Waals surface area contributed by atoms with E-state index < -0.39 is 36.1 Å². The Morgan fingerprint density at radius 2 is 2.20 bits per heavy atom. The zero-order valence-electron chi connectivity index (χ0n) is 20.9. The first-order valence-electron chi connectivity index (χ1n) is 12.1. The summed E-state index contributed by atoms with van der Waals surface area (Å²) in [5.41, 5.74) is 0.895. The van der Waals surface area contributed by atoms with Gasteiger partial charge in [-0.05, 0) is 18.2 Å². The summed E-state index contributed by atoms with van der Waals surface area (Å²) in [6, 6.07) is 4.58. The number of amidine groups is 1. The number of aliphatic imine (C=N–C) groups is 1. The van der Waals surface area contributed by atoms with Gasteiger partial charge < -0.3 is 24.4 Å². The molecule has 15 heteroatoms. The number of hydrogen-bond donors (Lipinski definition) is 1. The molecule has 3 aliphatic heterocycles. The van der Waals surface area contributed by atoms with Crippen molar-refractivity contribution in [2.24, 2.45) is 4.99 Å². The number of carbonyl (C=O) groups excluding carboxylic acids is 1. The van der Waals surface area contributed by atoms with E-state index in [1.807, 2.05) is 4.90 Å². The number of aromatic nitrogens is 3. The second-order valence-electron chi connectivity index (χ2n) is 9.39. The van der Waals surface area contributed by atoms with Crippen LogP contribution in [0.5, 0.6) is 0 Å². The summed E-state index contributed by atoms with van der Waals surface area (Å²) in [6.07, 6.45) is 1.74.